The van der Waals surface area contributed by atoms with Crippen LogP contribution < -0.4 is 0 Å². The molecule has 0 saturated heterocycles. The largest absolute Gasteiger partial charge is 0.477 e. The molecule has 1 N–H and O–H groups in total. The van der Waals surface area contributed by atoms with Gasteiger partial charge in [-0.05, 0) is 11.8 Å². The molecule has 2 aromatic rings. The number of thiazole rings is 1. The van der Waals surface area contributed by atoms with Crippen molar-refractivity contribution in [3.05, 3.63) is 15.6 Å². The SMILES string of the molecule is CC(C)(C)c1nnc(Sc2nc(C(F)(F)F)c(C(=O)O)s2)s1. The Morgan fingerprint density at radius 3 is 2.18 bits per heavy atom. The molecule has 2 aromatic heterocycles. The standard InChI is InChI=1S/C11H10F3N3O2S3/c1-10(2,3)7-16-17-9(21-7)22-8-15-5(11(12,13)14)4(20-8)6(18)19/h1-3H3,(H,18,19). The summed E-state index contributed by atoms with van der Waals surface area (Å²) in [6.07, 6.45) is -4.80. The highest BCUT2D eigenvalue weighted by Crippen LogP contribution is 2.41. The third kappa shape index (κ3) is 3.76. The van der Waals surface area contributed by atoms with Crippen LogP contribution in [-0.4, -0.2) is 26.3 Å². The van der Waals surface area contributed by atoms with Gasteiger partial charge in [-0.3, -0.25) is 0 Å². The number of nitrogens with zero attached hydrogens (tertiary/aromatic N) is 3. The fraction of sp³-hybridized carbons (Fsp3) is 0.455. The van der Waals surface area contributed by atoms with Gasteiger partial charge in [0, 0.05) is 5.41 Å². The molecule has 11 heteroatoms. The third-order valence-corrected chi connectivity index (χ3v) is 5.80. The molecule has 0 bridgehead atoms. The van der Waals surface area contributed by atoms with Crippen molar-refractivity contribution >= 4 is 40.4 Å². The summed E-state index contributed by atoms with van der Waals surface area (Å²) in [5.74, 6) is -1.65. The first kappa shape index (κ1) is 17.2. The summed E-state index contributed by atoms with van der Waals surface area (Å²) in [5, 5.41) is 17.5. The van der Waals surface area contributed by atoms with Gasteiger partial charge in [-0.15, -0.1) is 10.2 Å². The Balaban J connectivity index is 2.31. The van der Waals surface area contributed by atoms with Gasteiger partial charge in [0.05, 0.1) is 0 Å². The number of carbonyl (C=O) groups is 1. The van der Waals surface area contributed by atoms with Crippen LogP contribution in [0.25, 0.3) is 0 Å². The van der Waals surface area contributed by atoms with Crippen molar-refractivity contribution in [1.29, 1.82) is 0 Å². The average Bonchev–Trinajstić information content (AvgIpc) is 2.94. The van der Waals surface area contributed by atoms with Crippen molar-refractivity contribution in [2.24, 2.45) is 0 Å². The average molecular weight is 369 g/mol. The first-order valence-electron chi connectivity index (χ1n) is 5.81. The van der Waals surface area contributed by atoms with E-state index in [4.69, 9.17) is 5.11 Å². The lowest BCUT2D eigenvalue weighted by atomic mass is 9.98. The molecule has 120 valence electrons. The molecular weight excluding hydrogens is 359 g/mol. The van der Waals surface area contributed by atoms with Crippen molar-refractivity contribution < 1.29 is 23.1 Å². The molecule has 5 nitrogen and oxygen atoms in total. The molecule has 0 radical (unpaired) electrons. The number of hydrogen-bond donors (Lipinski definition) is 1. The lowest BCUT2D eigenvalue weighted by Crippen LogP contribution is -2.11. The molecule has 2 rings (SSSR count). The molecule has 0 fully saturated rings. The van der Waals surface area contributed by atoms with Crippen LogP contribution >= 0.6 is 34.4 Å². The molecule has 2 heterocycles. The van der Waals surface area contributed by atoms with Crippen molar-refractivity contribution in [3.8, 4) is 0 Å². The highest BCUT2D eigenvalue weighted by atomic mass is 32.2. The van der Waals surface area contributed by atoms with E-state index in [2.05, 4.69) is 15.2 Å². The van der Waals surface area contributed by atoms with Gasteiger partial charge in [0.2, 0.25) is 0 Å². The minimum Gasteiger partial charge on any atom is -0.477 e. The zero-order valence-electron chi connectivity index (χ0n) is 11.6. The Labute approximate surface area is 135 Å². The van der Waals surface area contributed by atoms with Gasteiger partial charge >= 0.3 is 12.1 Å². The molecule has 0 aliphatic carbocycles. The van der Waals surface area contributed by atoms with Crippen LogP contribution in [0, 0.1) is 0 Å². The summed E-state index contributed by atoms with van der Waals surface area (Å²) in [6.45, 7) is 5.82. The van der Waals surface area contributed by atoms with E-state index in [0.29, 0.717) is 15.7 Å². The number of aromatic nitrogens is 3. The summed E-state index contributed by atoms with van der Waals surface area (Å²) in [7, 11) is 0. The first-order valence-corrected chi connectivity index (χ1v) is 8.26. The summed E-state index contributed by atoms with van der Waals surface area (Å²) in [5.41, 5.74) is -1.60. The van der Waals surface area contributed by atoms with Crippen LogP contribution in [0.15, 0.2) is 8.68 Å². The normalized spacial score (nSPS) is 12.6. The number of carboxylic acid groups (broad SMARTS) is 1. The second-order valence-corrected chi connectivity index (χ2v) is 8.66. The van der Waals surface area contributed by atoms with Crippen LogP contribution in [0.4, 0.5) is 13.2 Å². The van der Waals surface area contributed by atoms with Gasteiger partial charge in [0.1, 0.15) is 9.88 Å². The van der Waals surface area contributed by atoms with E-state index in [1.807, 2.05) is 20.8 Å². The van der Waals surface area contributed by atoms with E-state index in [1.54, 1.807) is 0 Å². The fourth-order valence-corrected chi connectivity index (χ4v) is 4.42. The van der Waals surface area contributed by atoms with Crippen LogP contribution in [0.5, 0.6) is 0 Å². The van der Waals surface area contributed by atoms with Crippen LogP contribution in [0.1, 0.15) is 41.1 Å². The van der Waals surface area contributed by atoms with E-state index in [-0.39, 0.29) is 9.75 Å². The van der Waals surface area contributed by atoms with Gasteiger partial charge in [0.25, 0.3) is 0 Å². The Morgan fingerprint density at radius 1 is 1.14 bits per heavy atom. The Kier molecular flexibility index (Phi) is 4.51. The lowest BCUT2D eigenvalue weighted by molar-refractivity contribution is -0.141. The maximum Gasteiger partial charge on any atom is 0.435 e. The number of aromatic carboxylic acids is 1. The van der Waals surface area contributed by atoms with E-state index in [1.165, 1.54) is 11.3 Å². The second kappa shape index (κ2) is 5.78. The molecule has 0 aliphatic heterocycles. The quantitative estimate of drug-likeness (QED) is 0.875. The van der Waals surface area contributed by atoms with Crippen molar-refractivity contribution in [2.45, 2.75) is 41.0 Å². The fourth-order valence-electron chi connectivity index (χ4n) is 1.31. The number of hydrogen-bond acceptors (Lipinski definition) is 7. The molecular formula is C11H10F3N3O2S3. The van der Waals surface area contributed by atoms with Crippen molar-refractivity contribution in [2.75, 3.05) is 0 Å². The predicted molar refractivity (Wildman–Crippen MR) is 76.8 cm³/mol. The van der Waals surface area contributed by atoms with E-state index in [0.717, 1.165) is 16.8 Å². The smallest absolute Gasteiger partial charge is 0.435 e. The summed E-state index contributed by atoms with van der Waals surface area (Å²) >= 11 is 2.60. The third-order valence-electron chi connectivity index (χ3n) is 2.29. The van der Waals surface area contributed by atoms with Gasteiger partial charge in [0.15, 0.2) is 14.4 Å². The molecule has 0 amide bonds. The molecule has 0 atom stereocenters. The minimum absolute atomic E-state index is 0.0265. The van der Waals surface area contributed by atoms with Gasteiger partial charge in [-0.1, -0.05) is 43.4 Å². The van der Waals surface area contributed by atoms with Crippen LogP contribution in [0.2, 0.25) is 0 Å². The summed E-state index contributed by atoms with van der Waals surface area (Å²) < 4.78 is 38.7. The van der Waals surface area contributed by atoms with E-state index >= 15 is 0 Å². The van der Waals surface area contributed by atoms with Crippen LogP contribution in [-0.2, 0) is 11.6 Å². The maximum atomic E-state index is 12.8. The Morgan fingerprint density at radius 2 is 1.77 bits per heavy atom. The first-order chi connectivity index (χ1) is 9.98. The summed E-state index contributed by atoms with van der Waals surface area (Å²) in [6, 6.07) is 0. The Hall–Kier alpha value is -1.20. The van der Waals surface area contributed by atoms with Gasteiger partial charge < -0.3 is 5.11 Å². The van der Waals surface area contributed by atoms with Gasteiger partial charge in [-0.25, -0.2) is 9.78 Å². The molecule has 0 saturated carbocycles. The van der Waals surface area contributed by atoms with Crippen molar-refractivity contribution in [1.82, 2.24) is 15.2 Å². The highest BCUT2D eigenvalue weighted by Gasteiger charge is 2.40. The second-order valence-electron chi connectivity index (χ2n) is 5.19. The van der Waals surface area contributed by atoms with Gasteiger partial charge in [-0.2, -0.15) is 13.2 Å². The predicted octanol–water partition coefficient (Wildman–Crippen LogP) is 4.16. The number of halogens is 3. The minimum atomic E-state index is -4.80. The van der Waals surface area contributed by atoms with E-state index < -0.39 is 22.7 Å². The zero-order valence-corrected chi connectivity index (χ0v) is 14.0. The number of carboxylic acids is 1. The maximum absolute atomic E-state index is 12.8. The monoisotopic (exact) mass is 369 g/mol. The molecule has 0 aliphatic rings. The van der Waals surface area contributed by atoms with Crippen LogP contribution in [0.3, 0.4) is 0 Å². The lowest BCUT2D eigenvalue weighted by Gasteiger charge is -2.12. The van der Waals surface area contributed by atoms with Crippen molar-refractivity contribution in [3.63, 3.8) is 0 Å². The zero-order chi connectivity index (χ0) is 16.7. The van der Waals surface area contributed by atoms with E-state index in [9.17, 15) is 18.0 Å². The molecule has 0 unspecified atom stereocenters. The summed E-state index contributed by atoms with van der Waals surface area (Å²) in [4.78, 5) is 13.5. The number of alkyl halides is 3. The Bertz CT molecular complexity index is 703. The molecule has 0 aromatic carbocycles. The number of rotatable bonds is 3. The molecule has 22 heavy (non-hydrogen) atoms. The molecule has 0 spiro atoms. The topological polar surface area (TPSA) is 76.0 Å². The highest BCUT2D eigenvalue weighted by molar-refractivity contribution is 8.02.